The number of aliphatic hydroxyl groups excluding tert-OH is 1. The van der Waals surface area contributed by atoms with Gasteiger partial charge in [-0.3, -0.25) is 14.6 Å². The second-order valence-electron chi connectivity index (χ2n) is 9.67. The minimum absolute atomic E-state index is 0.161. The number of halogens is 3. The molecule has 1 saturated heterocycles. The maximum atomic E-state index is 14.2. The predicted molar refractivity (Wildman–Crippen MR) is 147 cm³/mol. The van der Waals surface area contributed by atoms with Crippen molar-refractivity contribution >= 4 is 17.4 Å². The van der Waals surface area contributed by atoms with Gasteiger partial charge < -0.3 is 10.0 Å². The molecular formula is C29H29ClF2N6O. The molecule has 0 spiro atoms. The predicted octanol–water partition coefficient (Wildman–Crippen LogP) is 6.34. The SMILES string of the molecule is C=C1N=C(c2ccn(CC)n2)N(C(C)c2cc(F)cc(F)c2)C(O)=C1C(=C)N1CCC(c2ccc(Cl)cn2)C1. The molecule has 2 aliphatic heterocycles. The highest BCUT2D eigenvalue weighted by Crippen LogP contribution is 2.39. The molecule has 0 radical (unpaired) electrons. The van der Waals surface area contributed by atoms with Crippen LogP contribution >= 0.6 is 11.6 Å². The molecule has 0 saturated carbocycles. The number of rotatable bonds is 7. The van der Waals surface area contributed by atoms with Crippen LogP contribution in [0.1, 0.15) is 49.2 Å². The summed E-state index contributed by atoms with van der Waals surface area (Å²) < 4.78 is 30.1. The second kappa shape index (κ2) is 10.6. The van der Waals surface area contributed by atoms with Gasteiger partial charge in [-0.25, -0.2) is 13.8 Å². The van der Waals surface area contributed by atoms with Crippen LogP contribution in [-0.2, 0) is 6.54 Å². The third-order valence-electron chi connectivity index (χ3n) is 7.18. The summed E-state index contributed by atoms with van der Waals surface area (Å²) in [7, 11) is 0. The van der Waals surface area contributed by atoms with Gasteiger partial charge in [-0.2, -0.15) is 5.10 Å². The first-order valence-corrected chi connectivity index (χ1v) is 13.1. The zero-order valence-electron chi connectivity index (χ0n) is 21.8. The van der Waals surface area contributed by atoms with Crippen LogP contribution in [0.25, 0.3) is 0 Å². The van der Waals surface area contributed by atoms with E-state index in [2.05, 4.69) is 28.1 Å². The van der Waals surface area contributed by atoms with Gasteiger partial charge in [0.05, 0.1) is 22.3 Å². The maximum absolute atomic E-state index is 14.2. The van der Waals surface area contributed by atoms with Crippen molar-refractivity contribution in [3.63, 3.8) is 0 Å². The third-order valence-corrected chi connectivity index (χ3v) is 7.41. The van der Waals surface area contributed by atoms with Gasteiger partial charge in [-0.1, -0.05) is 24.8 Å². The normalized spacial score (nSPS) is 18.5. The number of amidine groups is 1. The van der Waals surface area contributed by atoms with Crippen LogP contribution in [-0.4, -0.2) is 48.6 Å². The van der Waals surface area contributed by atoms with Crippen molar-refractivity contribution in [2.75, 3.05) is 13.1 Å². The summed E-state index contributed by atoms with van der Waals surface area (Å²) in [5, 5.41) is 16.9. The lowest BCUT2D eigenvalue weighted by atomic mass is 10.0. The van der Waals surface area contributed by atoms with Gasteiger partial charge in [0.2, 0.25) is 5.88 Å². The van der Waals surface area contributed by atoms with Crippen molar-refractivity contribution in [1.29, 1.82) is 0 Å². The second-order valence-corrected chi connectivity index (χ2v) is 10.1. The first kappa shape index (κ1) is 26.6. The van der Waals surface area contributed by atoms with Gasteiger partial charge in [-0.05, 0) is 56.2 Å². The molecule has 3 aromatic rings. The molecule has 1 aromatic carbocycles. The molecule has 4 heterocycles. The Kier molecular flexibility index (Phi) is 7.27. The summed E-state index contributed by atoms with van der Waals surface area (Å²) in [5.74, 6) is -1.09. The summed E-state index contributed by atoms with van der Waals surface area (Å²) in [6, 6.07) is 8.12. The van der Waals surface area contributed by atoms with Gasteiger partial charge in [0.1, 0.15) is 17.3 Å². The Morgan fingerprint density at radius 3 is 2.59 bits per heavy atom. The molecular weight excluding hydrogens is 522 g/mol. The third kappa shape index (κ3) is 5.18. The number of hydrogen-bond acceptors (Lipinski definition) is 6. The number of aliphatic hydroxyl groups is 1. The van der Waals surface area contributed by atoms with Crippen LogP contribution in [0.4, 0.5) is 8.78 Å². The van der Waals surface area contributed by atoms with E-state index in [-0.39, 0.29) is 11.8 Å². The average Bonchev–Trinajstić information content (AvgIpc) is 3.58. The van der Waals surface area contributed by atoms with Crippen LogP contribution in [0.5, 0.6) is 0 Å². The fraction of sp³-hybridized carbons (Fsp3) is 0.276. The monoisotopic (exact) mass is 550 g/mol. The molecule has 7 nitrogen and oxygen atoms in total. The zero-order valence-corrected chi connectivity index (χ0v) is 22.5. The molecule has 202 valence electrons. The largest absolute Gasteiger partial charge is 0.494 e. The Hall–Kier alpha value is -3.98. The van der Waals surface area contributed by atoms with Gasteiger partial charge in [0.15, 0.2) is 5.84 Å². The standard InChI is InChI=1S/C29H29ClF2N6O/c1-5-37-11-9-26(35-37)28-34-17(2)27(29(39)38(28)18(3)21-12-23(31)14-24(32)13-21)19(4)36-10-8-20(16-36)25-7-6-22(30)15-33-25/h6-7,9,11-15,18,20,39H,2,4-5,8,10,16H2,1,3H3. The van der Waals surface area contributed by atoms with Crippen LogP contribution in [0.2, 0.25) is 5.02 Å². The Labute approximate surface area is 231 Å². The molecule has 2 atom stereocenters. The highest BCUT2D eigenvalue weighted by atomic mass is 35.5. The van der Waals surface area contributed by atoms with Crippen molar-refractivity contribution in [3.8, 4) is 0 Å². The highest BCUT2D eigenvalue weighted by Gasteiger charge is 2.36. The smallest absolute Gasteiger partial charge is 0.205 e. The molecule has 0 bridgehead atoms. The molecule has 39 heavy (non-hydrogen) atoms. The first-order valence-electron chi connectivity index (χ1n) is 12.7. The van der Waals surface area contributed by atoms with Crippen molar-refractivity contribution in [3.05, 3.63) is 118 Å². The van der Waals surface area contributed by atoms with E-state index in [0.717, 1.165) is 18.2 Å². The highest BCUT2D eigenvalue weighted by molar-refractivity contribution is 6.30. The fourth-order valence-corrected chi connectivity index (χ4v) is 5.20. The number of pyridine rings is 1. The molecule has 1 N–H and O–H groups in total. The van der Waals surface area contributed by atoms with E-state index < -0.39 is 17.7 Å². The van der Waals surface area contributed by atoms with Crippen molar-refractivity contribution in [2.24, 2.45) is 4.99 Å². The van der Waals surface area contributed by atoms with Gasteiger partial charge in [0.25, 0.3) is 0 Å². The van der Waals surface area contributed by atoms with Crippen molar-refractivity contribution in [1.82, 2.24) is 24.6 Å². The van der Waals surface area contributed by atoms with E-state index >= 15 is 0 Å². The molecule has 0 amide bonds. The molecule has 2 aliphatic rings. The molecule has 5 rings (SSSR count). The van der Waals surface area contributed by atoms with E-state index in [0.29, 0.717) is 58.7 Å². The summed E-state index contributed by atoms with van der Waals surface area (Å²) in [6.45, 7) is 14.1. The fourth-order valence-electron chi connectivity index (χ4n) is 5.09. The number of aliphatic imine (C=N–C) groups is 1. The molecule has 0 aliphatic carbocycles. The number of nitrogens with zero attached hydrogens (tertiary/aromatic N) is 6. The van der Waals surface area contributed by atoms with E-state index in [4.69, 9.17) is 16.6 Å². The Balaban J connectivity index is 1.51. The number of aryl methyl sites for hydroxylation is 1. The number of likely N-dealkylation sites (tertiary alicyclic amines) is 1. The number of benzene rings is 1. The summed E-state index contributed by atoms with van der Waals surface area (Å²) in [6.07, 6.45) is 4.28. The molecule has 2 aromatic heterocycles. The minimum atomic E-state index is -0.709. The van der Waals surface area contributed by atoms with E-state index in [1.54, 1.807) is 30.1 Å². The van der Waals surface area contributed by atoms with Crippen LogP contribution in [0, 0.1) is 11.6 Å². The quantitative estimate of drug-likeness (QED) is 0.372. The van der Waals surface area contributed by atoms with Crippen LogP contribution in [0.15, 0.2) is 89.8 Å². The van der Waals surface area contributed by atoms with Crippen molar-refractivity contribution < 1.29 is 13.9 Å². The van der Waals surface area contributed by atoms with Gasteiger partial charge in [0, 0.05) is 55.4 Å². The topological polar surface area (TPSA) is 69.8 Å². The number of hydrogen-bond donors (Lipinski definition) is 1. The summed E-state index contributed by atoms with van der Waals surface area (Å²) >= 11 is 6.00. The lowest BCUT2D eigenvalue weighted by molar-refractivity contribution is 0.228. The minimum Gasteiger partial charge on any atom is -0.494 e. The van der Waals surface area contributed by atoms with E-state index in [1.165, 1.54) is 17.0 Å². The Morgan fingerprint density at radius 1 is 1.21 bits per heavy atom. The van der Waals surface area contributed by atoms with Crippen LogP contribution < -0.4 is 0 Å². The van der Waals surface area contributed by atoms with Gasteiger partial charge >= 0.3 is 0 Å². The van der Waals surface area contributed by atoms with Crippen molar-refractivity contribution in [2.45, 2.75) is 38.8 Å². The van der Waals surface area contributed by atoms with Crippen LogP contribution in [0.3, 0.4) is 0 Å². The summed E-state index contributed by atoms with van der Waals surface area (Å²) in [5.41, 5.74) is 2.99. The molecule has 10 heteroatoms. The average molecular weight is 551 g/mol. The zero-order chi connectivity index (χ0) is 27.8. The van der Waals surface area contributed by atoms with E-state index in [1.807, 2.05) is 19.1 Å². The van der Waals surface area contributed by atoms with Gasteiger partial charge in [-0.15, -0.1) is 0 Å². The maximum Gasteiger partial charge on any atom is 0.205 e. The number of aromatic nitrogens is 3. The Bertz CT molecular complexity index is 1480. The van der Waals surface area contributed by atoms with E-state index in [9.17, 15) is 13.9 Å². The molecule has 1 fully saturated rings. The Morgan fingerprint density at radius 2 is 1.95 bits per heavy atom. The lowest BCUT2D eigenvalue weighted by Gasteiger charge is -2.36. The molecule has 2 unspecified atom stereocenters. The lowest BCUT2D eigenvalue weighted by Crippen LogP contribution is -2.38. The summed E-state index contributed by atoms with van der Waals surface area (Å²) in [4.78, 5) is 12.8. The first-order chi connectivity index (χ1) is 18.7.